The summed E-state index contributed by atoms with van der Waals surface area (Å²) in [4.78, 5) is 11.9. The monoisotopic (exact) mass is 327 g/mol. The molecule has 18 heavy (non-hydrogen) atoms. The summed E-state index contributed by atoms with van der Waals surface area (Å²) in [6, 6.07) is 6.94. The predicted molar refractivity (Wildman–Crippen MR) is 73.5 cm³/mol. The average molecular weight is 329 g/mol. The molecular formula is C12H11BrClN3O. The van der Waals surface area contributed by atoms with Gasteiger partial charge in [0, 0.05) is 23.3 Å². The van der Waals surface area contributed by atoms with Crippen LogP contribution < -0.4 is 5.32 Å². The Balaban J connectivity index is 2.01. The van der Waals surface area contributed by atoms with E-state index in [4.69, 9.17) is 11.6 Å². The minimum Gasteiger partial charge on any atom is -0.346 e. The van der Waals surface area contributed by atoms with Crippen LogP contribution in [-0.2, 0) is 13.6 Å². The second kappa shape index (κ2) is 5.54. The zero-order chi connectivity index (χ0) is 13.1. The van der Waals surface area contributed by atoms with Crippen LogP contribution in [0, 0.1) is 0 Å². The van der Waals surface area contributed by atoms with Crippen molar-refractivity contribution in [2.45, 2.75) is 6.54 Å². The zero-order valence-electron chi connectivity index (χ0n) is 9.65. The van der Waals surface area contributed by atoms with Crippen LogP contribution in [0.3, 0.4) is 0 Å². The number of halogens is 2. The van der Waals surface area contributed by atoms with Crippen molar-refractivity contribution in [1.29, 1.82) is 0 Å². The molecule has 1 heterocycles. The molecular weight excluding hydrogens is 318 g/mol. The topological polar surface area (TPSA) is 46.9 Å². The molecule has 0 aliphatic rings. The van der Waals surface area contributed by atoms with E-state index in [2.05, 4.69) is 26.3 Å². The molecule has 0 bridgehead atoms. The molecule has 0 radical (unpaired) electrons. The van der Waals surface area contributed by atoms with Crippen molar-refractivity contribution < 1.29 is 4.79 Å². The Hall–Kier alpha value is -1.33. The molecule has 0 saturated heterocycles. The maximum absolute atomic E-state index is 11.9. The third kappa shape index (κ3) is 3.11. The number of hydrogen-bond donors (Lipinski definition) is 1. The van der Waals surface area contributed by atoms with Crippen LogP contribution in [0.1, 0.15) is 16.1 Å². The Kier molecular flexibility index (Phi) is 4.04. The van der Waals surface area contributed by atoms with Crippen molar-refractivity contribution in [3.8, 4) is 0 Å². The van der Waals surface area contributed by atoms with Crippen molar-refractivity contribution >= 4 is 33.4 Å². The first-order valence-electron chi connectivity index (χ1n) is 5.28. The number of rotatable bonds is 3. The summed E-state index contributed by atoms with van der Waals surface area (Å²) in [5.41, 5.74) is 1.34. The molecule has 94 valence electrons. The first kappa shape index (κ1) is 13.1. The second-order valence-electron chi connectivity index (χ2n) is 3.79. The summed E-state index contributed by atoms with van der Waals surface area (Å²) < 4.78 is 2.46. The van der Waals surface area contributed by atoms with Crippen LogP contribution >= 0.6 is 27.5 Å². The van der Waals surface area contributed by atoms with Gasteiger partial charge in [-0.2, -0.15) is 5.10 Å². The fourth-order valence-electron chi connectivity index (χ4n) is 1.47. The van der Waals surface area contributed by atoms with E-state index >= 15 is 0 Å². The van der Waals surface area contributed by atoms with Gasteiger partial charge in [0.15, 0.2) is 0 Å². The largest absolute Gasteiger partial charge is 0.346 e. The Morgan fingerprint density at radius 1 is 1.50 bits per heavy atom. The molecule has 1 aromatic heterocycles. The smallest absolute Gasteiger partial charge is 0.251 e. The van der Waals surface area contributed by atoms with Crippen LogP contribution in [0.15, 0.2) is 34.9 Å². The Morgan fingerprint density at radius 3 is 2.89 bits per heavy atom. The molecule has 0 saturated carbocycles. The lowest BCUT2D eigenvalue weighted by Gasteiger charge is -2.04. The van der Waals surface area contributed by atoms with Crippen molar-refractivity contribution in [3.05, 3.63) is 51.2 Å². The molecule has 0 unspecified atom stereocenters. The number of nitrogens with zero attached hydrogens (tertiary/aromatic N) is 2. The van der Waals surface area contributed by atoms with Gasteiger partial charge in [0.05, 0.1) is 17.3 Å². The van der Waals surface area contributed by atoms with Crippen LogP contribution in [-0.4, -0.2) is 15.7 Å². The highest BCUT2D eigenvalue weighted by Crippen LogP contribution is 2.23. The molecule has 0 aliphatic heterocycles. The van der Waals surface area contributed by atoms with Gasteiger partial charge >= 0.3 is 0 Å². The maximum Gasteiger partial charge on any atom is 0.251 e. The number of nitrogens with one attached hydrogen (secondary N) is 1. The highest BCUT2D eigenvalue weighted by Gasteiger charge is 2.08. The van der Waals surface area contributed by atoms with Gasteiger partial charge in [-0.15, -0.1) is 0 Å². The van der Waals surface area contributed by atoms with E-state index in [-0.39, 0.29) is 5.91 Å². The molecule has 1 N–H and O–H groups in total. The van der Waals surface area contributed by atoms with Gasteiger partial charge in [-0.25, -0.2) is 0 Å². The van der Waals surface area contributed by atoms with E-state index in [1.54, 1.807) is 22.9 Å². The van der Waals surface area contributed by atoms with Gasteiger partial charge < -0.3 is 5.32 Å². The van der Waals surface area contributed by atoms with E-state index in [9.17, 15) is 4.79 Å². The van der Waals surface area contributed by atoms with Crippen LogP contribution in [0.4, 0.5) is 0 Å². The normalized spacial score (nSPS) is 10.4. The lowest BCUT2D eigenvalue weighted by molar-refractivity contribution is 0.0950. The molecule has 2 rings (SSSR count). The van der Waals surface area contributed by atoms with Gasteiger partial charge in [0.25, 0.3) is 5.91 Å². The van der Waals surface area contributed by atoms with E-state index in [0.717, 1.165) is 10.2 Å². The Labute approximate surface area is 118 Å². The number of carbonyl (C=O) groups excluding carboxylic acids is 1. The summed E-state index contributed by atoms with van der Waals surface area (Å²) in [5, 5.41) is 7.48. The van der Waals surface area contributed by atoms with E-state index < -0.39 is 0 Å². The zero-order valence-corrected chi connectivity index (χ0v) is 12.0. The predicted octanol–water partition coefficient (Wildman–Crippen LogP) is 2.77. The summed E-state index contributed by atoms with van der Waals surface area (Å²) in [6.45, 7) is 0.396. The van der Waals surface area contributed by atoms with Gasteiger partial charge in [-0.1, -0.05) is 11.6 Å². The number of carbonyl (C=O) groups is 1. The standard InChI is InChI=1S/C12H11BrClN3O/c1-17-5-4-9(16-17)7-15-12(18)8-2-3-10(13)11(14)6-8/h2-6H,7H2,1H3,(H,15,18). The number of hydrogen-bond acceptors (Lipinski definition) is 2. The molecule has 0 spiro atoms. The lowest BCUT2D eigenvalue weighted by Crippen LogP contribution is -2.23. The van der Waals surface area contributed by atoms with Gasteiger partial charge in [0.2, 0.25) is 0 Å². The third-order valence-electron chi connectivity index (χ3n) is 2.38. The van der Waals surface area contributed by atoms with Crippen molar-refractivity contribution in [1.82, 2.24) is 15.1 Å². The highest BCUT2D eigenvalue weighted by molar-refractivity contribution is 9.10. The first-order chi connectivity index (χ1) is 8.56. The van der Waals surface area contributed by atoms with E-state index in [1.807, 2.05) is 19.3 Å². The van der Waals surface area contributed by atoms with Crippen molar-refractivity contribution in [2.24, 2.45) is 7.05 Å². The summed E-state index contributed by atoms with van der Waals surface area (Å²) in [6.07, 6.45) is 1.83. The maximum atomic E-state index is 11.9. The number of benzene rings is 1. The molecule has 1 amide bonds. The molecule has 0 fully saturated rings. The fraction of sp³-hybridized carbons (Fsp3) is 0.167. The first-order valence-corrected chi connectivity index (χ1v) is 6.45. The molecule has 0 atom stereocenters. The fourth-order valence-corrected chi connectivity index (χ4v) is 1.89. The van der Waals surface area contributed by atoms with Crippen molar-refractivity contribution in [3.63, 3.8) is 0 Å². The molecule has 1 aromatic carbocycles. The highest BCUT2D eigenvalue weighted by atomic mass is 79.9. The summed E-state index contributed by atoms with van der Waals surface area (Å²) >= 11 is 9.22. The second-order valence-corrected chi connectivity index (χ2v) is 5.05. The SMILES string of the molecule is Cn1ccc(CNC(=O)c2ccc(Br)c(Cl)c2)n1. The molecule has 6 heteroatoms. The van der Waals surface area contributed by atoms with Crippen LogP contribution in [0.5, 0.6) is 0 Å². The summed E-state index contributed by atoms with van der Waals surface area (Å²) in [7, 11) is 1.83. The lowest BCUT2D eigenvalue weighted by atomic mass is 10.2. The Morgan fingerprint density at radius 2 is 2.28 bits per heavy atom. The van der Waals surface area contributed by atoms with E-state index in [1.165, 1.54) is 0 Å². The van der Waals surface area contributed by atoms with Crippen molar-refractivity contribution in [2.75, 3.05) is 0 Å². The number of amides is 1. The van der Waals surface area contributed by atoms with Crippen LogP contribution in [0.2, 0.25) is 5.02 Å². The number of aromatic nitrogens is 2. The third-order valence-corrected chi connectivity index (χ3v) is 3.61. The molecule has 2 aromatic rings. The molecule has 4 nitrogen and oxygen atoms in total. The minimum absolute atomic E-state index is 0.171. The van der Waals surface area contributed by atoms with Gasteiger partial charge in [0.1, 0.15) is 0 Å². The van der Waals surface area contributed by atoms with E-state index in [0.29, 0.717) is 17.1 Å². The van der Waals surface area contributed by atoms with Gasteiger partial charge in [-0.3, -0.25) is 9.48 Å². The number of aryl methyl sites for hydroxylation is 1. The quantitative estimate of drug-likeness (QED) is 0.942. The summed E-state index contributed by atoms with van der Waals surface area (Å²) in [5.74, 6) is -0.171. The van der Waals surface area contributed by atoms with Crippen LogP contribution in [0.25, 0.3) is 0 Å². The minimum atomic E-state index is -0.171. The van der Waals surface area contributed by atoms with Gasteiger partial charge in [-0.05, 0) is 40.2 Å². The Bertz CT molecular complexity index is 582. The average Bonchev–Trinajstić information content (AvgIpc) is 2.75. The molecule has 0 aliphatic carbocycles.